The molecule has 0 spiro atoms. The normalized spacial score (nSPS) is 10.9. The van der Waals surface area contributed by atoms with E-state index in [9.17, 15) is 0 Å². The van der Waals surface area contributed by atoms with Crippen molar-refractivity contribution in [2.24, 2.45) is 4.99 Å². The number of hydrogen-bond acceptors (Lipinski definition) is 4. The summed E-state index contributed by atoms with van der Waals surface area (Å²) >= 11 is 4.71. The van der Waals surface area contributed by atoms with Gasteiger partial charge in [-0.05, 0) is 72.6 Å². The summed E-state index contributed by atoms with van der Waals surface area (Å²) in [5, 5.41) is 4.61. The summed E-state index contributed by atoms with van der Waals surface area (Å²) in [5.41, 5.74) is 9.19. The van der Waals surface area contributed by atoms with Gasteiger partial charge in [0, 0.05) is 22.2 Å². The van der Waals surface area contributed by atoms with Gasteiger partial charge < -0.3 is 0 Å². The van der Waals surface area contributed by atoms with E-state index >= 15 is 0 Å². The van der Waals surface area contributed by atoms with Crippen LogP contribution in [-0.2, 0) is 0 Å². The minimum absolute atomic E-state index is 0.795. The minimum Gasteiger partial charge on any atom is -0.251 e. The van der Waals surface area contributed by atoms with Crippen molar-refractivity contribution in [3.63, 3.8) is 0 Å². The fourth-order valence-electron chi connectivity index (χ4n) is 4.09. The molecular formula is C27H19N3S. The minimum atomic E-state index is 0.795. The molecule has 2 aromatic heterocycles. The van der Waals surface area contributed by atoms with Crippen LogP contribution in [0.5, 0.6) is 0 Å². The van der Waals surface area contributed by atoms with Crippen LogP contribution in [-0.4, -0.2) is 15.1 Å². The van der Waals surface area contributed by atoms with Gasteiger partial charge in [-0.2, -0.15) is 4.99 Å². The molecule has 5 rings (SSSR count). The van der Waals surface area contributed by atoms with E-state index in [1.54, 1.807) is 0 Å². The van der Waals surface area contributed by atoms with Crippen LogP contribution >= 0.6 is 12.2 Å². The molecule has 5 aromatic rings. The average molecular weight is 418 g/mol. The number of fused-ring (bicyclic) bond motifs is 3. The highest BCUT2D eigenvalue weighted by Crippen LogP contribution is 2.36. The molecule has 0 radical (unpaired) electrons. The number of hydrogen-bond donors (Lipinski definition) is 0. The fourth-order valence-corrected chi connectivity index (χ4v) is 4.20. The second kappa shape index (κ2) is 7.84. The zero-order valence-electron chi connectivity index (χ0n) is 17.3. The van der Waals surface area contributed by atoms with E-state index < -0.39 is 0 Å². The molecule has 4 heteroatoms. The number of nitrogens with zero attached hydrogens (tertiary/aromatic N) is 3. The van der Waals surface area contributed by atoms with Gasteiger partial charge in [-0.25, -0.2) is 0 Å². The molecule has 0 atom stereocenters. The second-order valence-electron chi connectivity index (χ2n) is 7.60. The van der Waals surface area contributed by atoms with Gasteiger partial charge in [0.1, 0.15) is 0 Å². The van der Waals surface area contributed by atoms with E-state index in [2.05, 4.69) is 70.8 Å². The molecule has 148 valence electrons. The highest BCUT2D eigenvalue weighted by Gasteiger charge is 2.14. The highest BCUT2D eigenvalue weighted by molar-refractivity contribution is 7.78. The van der Waals surface area contributed by atoms with Crippen molar-refractivity contribution in [2.45, 2.75) is 13.8 Å². The monoisotopic (exact) mass is 417 g/mol. The summed E-state index contributed by atoms with van der Waals surface area (Å²) in [6.07, 6.45) is 0. The van der Waals surface area contributed by atoms with Crippen molar-refractivity contribution in [1.82, 2.24) is 9.97 Å². The maximum Gasteiger partial charge on any atom is 0.0974 e. The number of aryl methyl sites for hydroxylation is 2. The Hall–Kier alpha value is -3.72. The molecule has 0 unspecified atom stereocenters. The third-order valence-corrected chi connectivity index (χ3v) is 5.54. The Morgan fingerprint density at radius 3 is 1.71 bits per heavy atom. The van der Waals surface area contributed by atoms with E-state index in [-0.39, 0.29) is 0 Å². The molecule has 2 heterocycles. The van der Waals surface area contributed by atoms with E-state index in [1.807, 2.05) is 32.0 Å². The summed E-state index contributed by atoms with van der Waals surface area (Å²) in [6, 6.07) is 27.1. The number of aromatic nitrogens is 2. The number of pyridine rings is 2. The fraction of sp³-hybridized carbons (Fsp3) is 0.0741. The van der Waals surface area contributed by atoms with Gasteiger partial charge in [0.15, 0.2) is 0 Å². The maximum atomic E-state index is 4.91. The summed E-state index contributed by atoms with van der Waals surface area (Å²) in [7, 11) is 0. The zero-order valence-corrected chi connectivity index (χ0v) is 18.1. The lowest BCUT2D eigenvalue weighted by atomic mass is 9.95. The molecule has 0 amide bonds. The summed E-state index contributed by atoms with van der Waals surface area (Å²) < 4.78 is 0. The van der Waals surface area contributed by atoms with Gasteiger partial charge in [-0.1, -0.05) is 54.6 Å². The number of aliphatic imine (C=N–C) groups is 1. The van der Waals surface area contributed by atoms with Crippen molar-refractivity contribution in [1.29, 1.82) is 0 Å². The van der Waals surface area contributed by atoms with Crippen molar-refractivity contribution < 1.29 is 0 Å². The SMILES string of the molecule is Cc1cc(-c2ccccc2)c2ccc3c(-c4ccc(N=C=S)cc4)cc(C)nc3c2n1. The Labute approximate surface area is 186 Å². The standard InChI is InChI=1S/C27H19N3S/c1-17-14-24(19-6-4-3-5-7-19)22-12-13-23-25(15-18(2)30-27(23)26(22)29-17)20-8-10-21(11-9-20)28-16-31/h3-15H,1-2H3. The third-order valence-electron chi connectivity index (χ3n) is 5.45. The van der Waals surface area contributed by atoms with Gasteiger partial charge in [0.2, 0.25) is 0 Å². The van der Waals surface area contributed by atoms with Crippen LogP contribution in [0.15, 0.2) is 83.9 Å². The van der Waals surface area contributed by atoms with Gasteiger partial charge >= 0.3 is 0 Å². The second-order valence-corrected chi connectivity index (χ2v) is 7.78. The van der Waals surface area contributed by atoms with Gasteiger partial charge in [-0.3, -0.25) is 9.97 Å². The van der Waals surface area contributed by atoms with Crippen LogP contribution in [0.3, 0.4) is 0 Å². The predicted octanol–water partition coefficient (Wildman–Crippen LogP) is 7.47. The summed E-state index contributed by atoms with van der Waals surface area (Å²) in [6.45, 7) is 4.07. The Kier molecular flexibility index (Phi) is 4.87. The van der Waals surface area contributed by atoms with E-state index in [1.165, 1.54) is 11.1 Å². The van der Waals surface area contributed by atoms with Gasteiger partial charge in [-0.15, -0.1) is 0 Å². The van der Waals surface area contributed by atoms with Crippen molar-refractivity contribution in [2.75, 3.05) is 0 Å². The molecule has 0 aliphatic rings. The number of isothiocyanates is 1. The molecular weight excluding hydrogens is 398 g/mol. The Morgan fingerprint density at radius 2 is 1.19 bits per heavy atom. The molecule has 0 aliphatic carbocycles. The van der Waals surface area contributed by atoms with Crippen LogP contribution in [0, 0.1) is 13.8 Å². The lowest BCUT2D eigenvalue weighted by molar-refractivity contribution is 1.23. The van der Waals surface area contributed by atoms with Crippen molar-refractivity contribution in [3.05, 3.63) is 90.3 Å². The van der Waals surface area contributed by atoms with Gasteiger partial charge in [0.05, 0.1) is 21.9 Å². The van der Waals surface area contributed by atoms with Crippen molar-refractivity contribution in [3.8, 4) is 22.3 Å². The first-order chi connectivity index (χ1) is 15.1. The zero-order chi connectivity index (χ0) is 21.4. The first-order valence-electron chi connectivity index (χ1n) is 10.1. The van der Waals surface area contributed by atoms with Crippen molar-refractivity contribution >= 4 is 44.9 Å². The maximum absolute atomic E-state index is 4.91. The quantitative estimate of drug-likeness (QED) is 0.174. The van der Waals surface area contributed by atoms with Crippen LogP contribution in [0.25, 0.3) is 44.1 Å². The molecule has 3 aromatic carbocycles. The number of benzene rings is 3. The van der Waals surface area contributed by atoms with E-state index in [0.717, 1.165) is 50.0 Å². The Morgan fingerprint density at radius 1 is 0.677 bits per heavy atom. The van der Waals surface area contributed by atoms with Crippen LogP contribution in [0.4, 0.5) is 5.69 Å². The molecule has 0 saturated heterocycles. The average Bonchev–Trinajstić information content (AvgIpc) is 2.79. The molecule has 0 aliphatic heterocycles. The largest absolute Gasteiger partial charge is 0.251 e. The topological polar surface area (TPSA) is 38.1 Å². The predicted molar refractivity (Wildman–Crippen MR) is 132 cm³/mol. The molecule has 0 N–H and O–H groups in total. The van der Waals surface area contributed by atoms with Crippen LogP contribution in [0.1, 0.15) is 11.4 Å². The van der Waals surface area contributed by atoms with Gasteiger partial charge in [0.25, 0.3) is 0 Å². The van der Waals surface area contributed by atoms with E-state index in [4.69, 9.17) is 22.2 Å². The molecule has 0 fully saturated rings. The highest BCUT2D eigenvalue weighted by atomic mass is 32.1. The molecule has 3 nitrogen and oxygen atoms in total. The van der Waals surface area contributed by atoms with Crippen LogP contribution in [0.2, 0.25) is 0 Å². The molecule has 0 saturated carbocycles. The molecule has 0 bridgehead atoms. The summed E-state index contributed by atoms with van der Waals surface area (Å²) in [5.74, 6) is 0. The Bertz CT molecular complexity index is 1480. The number of rotatable bonds is 3. The number of thiocarbonyl (C=S) groups is 1. The third kappa shape index (κ3) is 3.53. The van der Waals surface area contributed by atoms with Crippen LogP contribution < -0.4 is 0 Å². The first kappa shape index (κ1) is 19.3. The lowest BCUT2D eigenvalue weighted by Gasteiger charge is -2.13. The summed E-state index contributed by atoms with van der Waals surface area (Å²) in [4.78, 5) is 13.9. The smallest absolute Gasteiger partial charge is 0.0974 e. The first-order valence-corrected chi connectivity index (χ1v) is 10.5. The molecule has 31 heavy (non-hydrogen) atoms. The Balaban J connectivity index is 1.80. The lowest BCUT2D eigenvalue weighted by Crippen LogP contribution is -1.94. The van der Waals surface area contributed by atoms with E-state index in [0.29, 0.717) is 0 Å².